The molecule has 0 unspecified atom stereocenters. The third kappa shape index (κ3) is 4.48. The van der Waals surface area contributed by atoms with Crippen LogP contribution in [0, 0.1) is 6.92 Å². The van der Waals surface area contributed by atoms with Gasteiger partial charge in [-0.2, -0.15) is 0 Å². The molecule has 1 aromatic heterocycles. The Morgan fingerprint density at radius 3 is 2.18 bits per heavy atom. The fourth-order valence-electron chi connectivity index (χ4n) is 3.21. The van der Waals surface area contributed by atoms with Gasteiger partial charge in [0.2, 0.25) is 0 Å². The van der Waals surface area contributed by atoms with E-state index in [-0.39, 0.29) is 17.1 Å². The Morgan fingerprint density at radius 1 is 0.750 bits per heavy atom. The van der Waals surface area contributed by atoms with E-state index in [9.17, 15) is 0 Å². The summed E-state index contributed by atoms with van der Waals surface area (Å²) in [7, 11) is 0. The molecule has 0 saturated heterocycles. The van der Waals surface area contributed by atoms with E-state index < -0.39 is 0 Å². The summed E-state index contributed by atoms with van der Waals surface area (Å²) < 4.78 is 0. The minimum atomic E-state index is 0. The van der Waals surface area contributed by atoms with E-state index in [0.29, 0.717) is 0 Å². The first-order valence-electron chi connectivity index (χ1n) is 9.17. The fourth-order valence-corrected chi connectivity index (χ4v) is 3.21. The van der Waals surface area contributed by atoms with E-state index in [1.807, 2.05) is 42.5 Å². The Kier molecular flexibility index (Phi) is 6.60. The minimum Gasteiger partial charge on any atom is -0.748 e. The first-order chi connectivity index (χ1) is 13.3. The van der Waals surface area contributed by atoms with Gasteiger partial charge in [0.05, 0.1) is 5.52 Å². The molecule has 0 spiro atoms. The second-order valence-electron chi connectivity index (χ2n) is 6.55. The van der Waals surface area contributed by atoms with Gasteiger partial charge in [-0.1, -0.05) is 60.5 Å². The van der Waals surface area contributed by atoms with Crippen molar-refractivity contribution in [1.82, 2.24) is 4.98 Å². The summed E-state index contributed by atoms with van der Waals surface area (Å²) in [6, 6.07) is 37.5. The summed E-state index contributed by atoms with van der Waals surface area (Å²) in [4.78, 5) is 4.77. The van der Waals surface area contributed by atoms with Crippen LogP contribution in [-0.4, -0.2) is 4.98 Å². The van der Waals surface area contributed by atoms with E-state index in [4.69, 9.17) is 4.98 Å². The Morgan fingerprint density at radius 2 is 1.43 bits per heavy atom. The zero-order chi connectivity index (χ0) is 18.5. The number of nitrogens with zero attached hydrogens (tertiary/aromatic N) is 1. The molecule has 2 heteroatoms. The molecule has 0 aliphatic rings. The van der Waals surface area contributed by atoms with Crippen molar-refractivity contribution in [3.05, 3.63) is 115 Å². The molecule has 0 bridgehead atoms. The van der Waals surface area contributed by atoms with E-state index >= 15 is 0 Å². The van der Waals surface area contributed by atoms with Gasteiger partial charge in [0, 0.05) is 28.1 Å². The van der Waals surface area contributed by atoms with Crippen LogP contribution in [0.15, 0.2) is 109 Å². The summed E-state index contributed by atoms with van der Waals surface area (Å²) in [5.74, 6) is 0. The summed E-state index contributed by atoms with van der Waals surface area (Å²) >= 11 is 0. The molecule has 0 aliphatic heterocycles. The van der Waals surface area contributed by atoms with Crippen molar-refractivity contribution < 1.29 is 17.1 Å². The van der Waals surface area contributed by atoms with Gasteiger partial charge in [-0.15, -0.1) is 35.4 Å². The van der Waals surface area contributed by atoms with E-state index in [2.05, 4.69) is 73.7 Å². The first kappa shape index (κ1) is 19.8. The Hall–Kier alpha value is -2.93. The van der Waals surface area contributed by atoms with Crippen LogP contribution in [0.5, 0.6) is 0 Å². The minimum absolute atomic E-state index is 0. The van der Waals surface area contributed by atoms with Gasteiger partial charge in [-0.05, 0) is 12.1 Å². The molecule has 0 atom stereocenters. The average Bonchev–Trinajstić information content (AvgIpc) is 3.43. The number of hydrogen-bond donors (Lipinski definition) is 0. The molecule has 28 heavy (non-hydrogen) atoms. The summed E-state index contributed by atoms with van der Waals surface area (Å²) in [5.41, 5.74) is 7.07. The van der Waals surface area contributed by atoms with Gasteiger partial charge in [0.1, 0.15) is 0 Å². The van der Waals surface area contributed by atoms with Crippen LogP contribution < -0.4 is 0 Å². The predicted molar refractivity (Wildman–Crippen MR) is 115 cm³/mol. The zero-order valence-electron chi connectivity index (χ0n) is 15.7. The average molecular weight is 403 g/mol. The third-order valence-corrected chi connectivity index (χ3v) is 4.66. The molecule has 0 fully saturated rings. The number of aryl methyl sites for hydroxylation is 1. The molecule has 0 N–H and O–H groups in total. The maximum atomic E-state index is 4.77. The fraction of sp³-hybridized carbons (Fsp3) is 0.0385. The van der Waals surface area contributed by atoms with Crippen LogP contribution in [0.1, 0.15) is 5.56 Å². The van der Waals surface area contributed by atoms with Crippen molar-refractivity contribution in [2.24, 2.45) is 0 Å². The number of aromatic nitrogens is 1. The van der Waals surface area contributed by atoms with Gasteiger partial charge in [-0.3, -0.25) is 4.98 Å². The van der Waals surface area contributed by atoms with Crippen LogP contribution >= 0.6 is 0 Å². The summed E-state index contributed by atoms with van der Waals surface area (Å²) in [6.07, 6.45) is 0. The largest absolute Gasteiger partial charge is 0.748 e. The van der Waals surface area contributed by atoms with Crippen LogP contribution in [0.2, 0.25) is 0 Å². The van der Waals surface area contributed by atoms with Crippen LogP contribution in [0.25, 0.3) is 33.3 Å². The van der Waals surface area contributed by atoms with E-state index in [1.54, 1.807) is 0 Å². The van der Waals surface area contributed by atoms with Crippen LogP contribution in [0.3, 0.4) is 0 Å². The maximum Gasteiger partial charge on any atom is 0.0701 e. The number of hydrogen-bond acceptors (Lipinski definition) is 1. The number of rotatable bonds is 2. The molecule has 0 radical (unpaired) electrons. The van der Waals surface area contributed by atoms with Crippen LogP contribution in [0.4, 0.5) is 0 Å². The molecule has 4 aromatic carbocycles. The van der Waals surface area contributed by atoms with Crippen molar-refractivity contribution in [1.29, 1.82) is 0 Å². The Labute approximate surface area is 176 Å². The van der Waals surface area contributed by atoms with Crippen molar-refractivity contribution in [2.75, 3.05) is 0 Å². The number of benzene rings is 2. The maximum absolute atomic E-state index is 4.77. The van der Waals surface area contributed by atoms with Crippen molar-refractivity contribution >= 4 is 10.9 Å². The molecule has 1 nitrogen and oxygen atoms in total. The zero-order valence-corrected chi connectivity index (χ0v) is 16.8. The van der Waals surface area contributed by atoms with E-state index in [0.717, 1.165) is 11.2 Å². The third-order valence-electron chi connectivity index (χ3n) is 4.66. The Bertz CT molecular complexity index is 1120. The van der Waals surface area contributed by atoms with Crippen molar-refractivity contribution in [2.45, 2.75) is 6.92 Å². The predicted octanol–water partition coefficient (Wildman–Crippen LogP) is 7.00. The second kappa shape index (κ2) is 9.32. The normalized spacial score (nSPS) is 10.0. The Balaban J connectivity index is 0.000000329. The van der Waals surface area contributed by atoms with Crippen molar-refractivity contribution in [3.8, 4) is 22.4 Å². The summed E-state index contributed by atoms with van der Waals surface area (Å²) in [6.45, 7) is 2.15. The topological polar surface area (TPSA) is 12.9 Å². The monoisotopic (exact) mass is 403 g/mol. The van der Waals surface area contributed by atoms with Gasteiger partial charge < -0.3 is 30.3 Å². The van der Waals surface area contributed by atoms with E-state index in [1.165, 1.54) is 27.6 Å². The molecular weight excluding hydrogens is 382 g/mol. The molecule has 1 heterocycles. The SMILES string of the molecule is Cc1ccccc1-[c-]1ccc(-c2ccc3ccccc3n2)c1.[Fe].[cH-]1[cH-][cH-][cH-][cH-]1. The molecule has 0 saturated carbocycles. The van der Waals surface area contributed by atoms with Crippen LogP contribution in [-0.2, 0) is 17.1 Å². The molecule has 5 rings (SSSR count). The second-order valence-corrected chi connectivity index (χ2v) is 6.55. The molecular formula is C26H21FeN-6. The standard InChI is InChI=1S/C21H16N.C5H5.Fe/c1-15-6-2-4-8-19(15)17-10-11-18(14-17)21-13-12-16-7-3-5-9-20(16)22-21;1-2-4-5-3-1;/h2-14H,1H3;1-5H;/q-1;-5;. The first-order valence-corrected chi connectivity index (χ1v) is 9.17. The van der Waals surface area contributed by atoms with Gasteiger partial charge in [0.15, 0.2) is 0 Å². The van der Waals surface area contributed by atoms with Gasteiger partial charge in [0.25, 0.3) is 0 Å². The van der Waals surface area contributed by atoms with Gasteiger partial charge >= 0.3 is 0 Å². The number of pyridine rings is 1. The number of para-hydroxylation sites is 1. The molecule has 5 aromatic rings. The number of fused-ring (bicyclic) bond motifs is 1. The quantitative estimate of drug-likeness (QED) is 0.228. The summed E-state index contributed by atoms with van der Waals surface area (Å²) in [5, 5.41) is 1.18. The van der Waals surface area contributed by atoms with Crippen molar-refractivity contribution in [3.63, 3.8) is 0 Å². The van der Waals surface area contributed by atoms with Gasteiger partial charge in [-0.25, -0.2) is 0 Å². The smallest absolute Gasteiger partial charge is 0.0701 e. The molecule has 0 aliphatic carbocycles. The molecule has 0 amide bonds. The molecule has 144 valence electrons.